The maximum absolute atomic E-state index is 10.6. The number of carbonyl (C=O) groups is 2. The Morgan fingerprint density at radius 2 is 1.83 bits per heavy atom. The van der Waals surface area contributed by atoms with Crippen LogP contribution < -0.4 is 4.74 Å². The van der Waals surface area contributed by atoms with Crippen LogP contribution in [0.1, 0.15) is 30.1 Å². The zero-order valence-electron chi connectivity index (χ0n) is 10.2. The second kappa shape index (κ2) is 7.45. The second-order valence-corrected chi connectivity index (χ2v) is 3.71. The molecule has 0 aromatic heterocycles. The lowest BCUT2D eigenvalue weighted by atomic mass is 10.2. The van der Waals surface area contributed by atoms with Gasteiger partial charge in [0, 0.05) is 20.1 Å². The molecule has 0 bridgehead atoms. The van der Waals surface area contributed by atoms with Gasteiger partial charge in [0.25, 0.3) is 0 Å². The molecule has 98 valence electrons. The number of carbonyl (C=O) groups excluding carboxylic acids is 1. The highest BCUT2D eigenvalue weighted by molar-refractivity contribution is 5.91. The smallest absolute Gasteiger partial charge is 0.339 e. The topological polar surface area (TPSA) is 72.8 Å². The van der Waals surface area contributed by atoms with Gasteiger partial charge in [0.2, 0.25) is 0 Å². The van der Waals surface area contributed by atoms with E-state index in [9.17, 15) is 9.59 Å². The van der Waals surface area contributed by atoms with E-state index in [1.807, 2.05) is 0 Å². The van der Waals surface area contributed by atoms with Gasteiger partial charge in [-0.05, 0) is 25.0 Å². The molecule has 1 saturated heterocycles. The molecule has 1 aliphatic heterocycles. The zero-order chi connectivity index (χ0) is 13.4. The van der Waals surface area contributed by atoms with Crippen molar-refractivity contribution < 1.29 is 24.2 Å². The highest BCUT2D eigenvalue weighted by atomic mass is 16.5. The molecule has 1 aromatic rings. The average molecular weight is 252 g/mol. The predicted molar refractivity (Wildman–Crippen MR) is 64.8 cm³/mol. The first-order valence-electron chi connectivity index (χ1n) is 5.69. The van der Waals surface area contributed by atoms with Crippen molar-refractivity contribution in [3.63, 3.8) is 0 Å². The quantitative estimate of drug-likeness (QED) is 0.644. The number of aromatic carboxylic acids is 1. The summed E-state index contributed by atoms with van der Waals surface area (Å²) in [7, 11) is 0. The van der Waals surface area contributed by atoms with Gasteiger partial charge in [-0.1, -0.05) is 12.1 Å². The molecule has 5 heteroatoms. The second-order valence-electron chi connectivity index (χ2n) is 3.71. The Morgan fingerprint density at radius 3 is 2.28 bits per heavy atom. The molecule has 0 atom stereocenters. The molecule has 0 radical (unpaired) electrons. The van der Waals surface area contributed by atoms with Gasteiger partial charge in [-0.25, -0.2) is 4.79 Å². The van der Waals surface area contributed by atoms with Crippen molar-refractivity contribution in [1.82, 2.24) is 0 Å². The highest BCUT2D eigenvalue weighted by Crippen LogP contribution is 2.17. The molecule has 1 aliphatic rings. The number of carboxylic acids is 1. The summed E-state index contributed by atoms with van der Waals surface area (Å²) in [5.41, 5.74) is -0.0160. The van der Waals surface area contributed by atoms with E-state index in [1.54, 1.807) is 12.1 Å². The van der Waals surface area contributed by atoms with Crippen LogP contribution in [0.4, 0.5) is 0 Å². The molecule has 0 saturated carbocycles. The lowest BCUT2D eigenvalue weighted by Gasteiger charge is -2.03. The molecule has 18 heavy (non-hydrogen) atoms. The molecule has 0 spiro atoms. The standard InChI is InChI=1S/C9H8O4.C4H8O/c1-6(10)13-8-5-3-2-4-7(8)9(11)12;1-2-4-5-3-1/h2-5H,1H3,(H,11,12);1-4H2. The summed E-state index contributed by atoms with van der Waals surface area (Å²) < 4.78 is 9.63. The third-order valence-electron chi connectivity index (χ3n) is 2.20. The Morgan fingerprint density at radius 1 is 1.22 bits per heavy atom. The molecular formula is C13H16O5. The first-order valence-corrected chi connectivity index (χ1v) is 5.69. The summed E-state index contributed by atoms with van der Waals surface area (Å²) in [6, 6.07) is 5.98. The molecule has 1 fully saturated rings. The van der Waals surface area contributed by atoms with Crippen molar-refractivity contribution in [3.05, 3.63) is 29.8 Å². The molecule has 0 amide bonds. The fourth-order valence-corrected chi connectivity index (χ4v) is 1.40. The molecular weight excluding hydrogens is 236 g/mol. The number of ether oxygens (including phenoxy) is 2. The van der Waals surface area contributed by atoms with E-state index < -0.39 is 11.9 Å². The minimum atomic E-state index is -1.11. The Bertz CT molecular complexity index is 402. The summed E-state index contributed by atoms with van der Waals surface area (Å²) >= 11 is 0. The Hall–Kier alpha value is -1.88. The third-order valence-corrected chi connectivity index (χ3v) is 2.20. The number of hydrogen-bond acceptors (Lipinski definition) is 4. The van der Waals surface area contributed by atoms with E-state index in [4.69, 9.17) is 9.84 Å². The minimum absolute atomic E-state index is 0.0160. The lowest BCUT2D eigenvalue weighted by molar-refractivity contribution is -0.131. The first-order chi connectivity index (χ1) is 8.61. The van der Waals surface area contributed by atoms with E-state index in [-0.39, 0.29) is 11.3 Å². The Kier molecular flexibility index (Phi) is 5.87. The molecule has 0 aliphatic carbocycles. The van der Waals surface area contributed by atoms with Crippen LogP contribution >= 0.6 is 0 Å². The molecule has 0 unspecified atom stereocenters. The number of rotatable bonds is 2. The van der Waals surface area contributed by atoms with E-state index >= 15 is 0 Å². The maximum Gasteiger partial charge on any atom is 0.339 e. The number of benzene rings is 1. The van der Waals surface area contributed by atoms with Gasteiger partial charge in [-0.2, -0.15) is 0 Å². The molecule has 2 rings (SSSR count). The lowest BCUT2D eigenvalue weighted by Crippen LogP contribution is -2.06. The van der Waals surface area contributed by atoms with Crippen molar-refractivity contribution in [1.29, 1.82) is 0 Å². The molecule has 5 nitrogen and oxygen atoms in total. The predicted octanol–water partition coefficient (Wildman–Crippen LogP) is 2.11. The van der Waals surface area contributed by atoms with Gasteiger partial charge < -0.3 is 14.6 Å². The number of para-hydroxylation sites is 1. The van der Waals surface area contributed by atoms with Gasteiger partial charge in [0.15, 0.2) is 0 Å². The Balaban J connectivity index is 0.000000269. The van der Waals surface area contributed by atoms with Crippen molar-refractivity contribution >= 4 is 11.9 Å². The van der Waals surface area contributed by atoms with Crippen molar-refractivity contribution in [2.45, 2.75) is 19.8 Å². The van der Waals surface area contributed by atoms with Crippen LogP contribution in [0.2, 0.25) is 0 Å². The summed E-state index contributed by atoms with van der Waals surface area (Å²) in [5.74, 6) is -1.58. The zero-order valence-corrected chi connectivity index (χ0v) is 10.2. The van der Waals surface area contributed by atoms with Gasteiger partial charge in [0.05, 0.1) is 0 Å². The largest absolute Gasteiger partial charge is 0.478 e. The van der Waals surface area contributed by atoms with Crippen LogP contribution in [-0.2, 0) is 9.53 Å². The van der Waals surface area contributed by atoms with E-state index in [0.29, 0.717) is 0 Å². The van der Waals surface area contributed by atoms with Crippen molar-refractivity contribution in [2.24, 2.45) is 0 Å². The van der Waals surface area contributed by atoms with E-state index in [2.05, 4.69) is 4.74 Å². The fourth-order valence-electron chi connectivity index (χ4n) is 1.40. The van der Waals surface area contributed by atoms with Gasteiger partial charge in [-0.15, -0.1) is 0 Å². The fraction of sp³-hybridized carbons (Fsp3) is 0.385. The summed E-state index contributed by atoms with van der Waals surface area (Å²) in [6.45, 7) is 3.22. The van der Waals surface area contributed by atoms with E-state index in [1.165, 1.54) is 31.9 Å². The summed E-state index contributed by atoms with van der Waals surface area (Å²) in [6.07, 6.45) is 2.56. The number of esters is 1. The van der Waals surface area contributed by atoms with Crippen LogP contribution in [0.5, 0.6) is 5.75 Å². The molecule has 1 aromatic carbocycles. The summed E-state index contributed by atoms with van der Waals surface area (Å²) in [4.78, 5) is 21.2. The normalized spacial score (nSPS) is 13.4. The van der Waals surface area contributed by atoms with Crippen LogP contribution in [0.3, 0.4) is 0 Å². The minimum Gasteiger partial charge on any atom is -0.478 e. The van der Waals surface area contributed by atoms with Crippen LogP contribution in [0.15, 0.2) is 24.3 Å². The van der Waals surface area contributed by atoms with Crippen LogP contribution in [0.25, 0.3) is 0 Å². The van der Waals surface area contributed by atoms with Crippen molar-refractivity contribution in [3.8, 4) is 5.75 Å². The van der Waals surface area contributed by atoms with Gasteiger partial charge >= 0.3 is 11.9 Å². The molecule has 1 N–H and O–H groups in total. The number of hydrogen-bond donors (Lipinski definition) is 1. The van der Waals surface area contributed by atoms with Crippen molar-refractivity contribution in [2.75, 3.05) is 13.2 Å². The van der Waals surface area contributed by atoms with Crippen LogP contribution in [0, 0.1) is 0 Å². The van der Waals surface area contributed by atoms with Gasteiger partial charge in [0.1, 0.15) is 11.3 Å². The van der Waals surface area contributed by atoms with E-state index in [0.717, 1.165) is 13.2 Å². The summed E-state index contributed by atoms with van der Waals surface area (Å²) in [5, 5.41) is 8.69. The Labute approximate surface area is 105 Å². The average Bonchev–Trinajstić information content (AvgIpc) is 2.87. The maximum atomic E-state index is 10.6. The number of carboxylic acid groups (broad SMARTS) is 1. The first kappa shape index (κ1) is 14.2. The highest BCUT2D eigenvalue weighted by Gasteiger charge is 2.10. The SMILES string of the molecule is C1CCOC1.CC(=O)Oc1ccccc1C(=O)O. The van der Waals surface area contributed by atoms with Gasteiger partial charge in [-0.3, -0.25) is 4.79 Å². The monoisotopic (exact) mass is 252 g/mol. The molecule has 1 heterocycles. The van der Waals surface area contributed by atoms with Crippen LogP contribution in [-0.4, -0.2) is 30.3 Å². The third kappa shape index (κ3) is 4.97.